The summed E-state index contributed by atoms with van der Waals surface area (Å²) >= 11 is 0. The molecule has 0 heterocycles. The Balaban J connectivity index is 1.68. The second kappa shape index (κ2) is 9.51. The second-order valence-corrected chi connectivity index (χ2v) is 6.15. The molecule has 0 aliphatic carbocycles. The van der Waals surface area contributed by atoms with Crippen molar-refractivity contribution in [2.45, 2.75) is 33.3 Å². The predicted molar refractivity (Wildman–Crippen MR) is 98.7 cm³/mol. The maximum Gasteiger partial charge on any atom is 0.325 e. The number of amides is 1. The van der Waals surface area contributed by atoms with Gasteiger partial charge >= 0.3 is 5.97 Å². The Bertz CT molecular complexity index is 784. The molecular formula is C21H23NO4. The Labute approximate surface area is 153 Å². The highest BCUT2D eigenvalue weighted by molar-refractivity contribution is 5.98. The van der Waals surface area contributed by atoms with Crippen LogP contribution in [0.4, 0.5) is 0 Å². The smallest absolute Gasteiger partial charge is 0.325 e. The van der Waals surface area contributed by atoms with Crippen molar-refractivity contribution in [2.24, 2.45) is 0 Å². The van der Waals surface area contributed by atoms with Gasteiger partial charge in [-0.25, -0.2) is 0 Å². The molecule has 0 atom stereocenters. The van der Waals surface area contributed by atoms with Crippen LogP contribution in [-0.4, -0.2) is 24.2 Å². The number of ether oxygens (including phenoxy) is 1. The van der Waals surface area contributed by atoms with Gasteiger partial charge in [-0.05, 0) is 36.6 Å². The lowest BCUT2D eigenvalue weighted by Gasteiger charge is -2.07. The average Bonchev–Trinajstić information content (AvgIpc) is 2.65. The third-order valence-corrected chi connectivity index (χ3v) is 4.08. The van der Waals surface area contributed by atoms with E-state index in [-0.39, 0.29) is 37.7 Å². The first-order chi connectivity index (χ1) is 12.5. The van der Waals surface area contributed by atoms with E-state index in [2.05, 4.69) is 5.32 Å². The molecule has 26 heavy (non-hydrogen) atoms. The van der Waals surface area contributed by atoms with Gasteiger partial charge in [0.25, 0.3) is 0 Å². The Hall–Kier alpha value is -2.95. The molecule has 0 radical (unpaired) electrons. The van der Waals surface area contributed by atoms with E-state index in [1.54, 1.807) is 6.07 Å². The van der Waals surface area contributed by atoms with Crippen molar-refractivity contribution in [1.29, 1.82) is 0 Å². The summed E-state index contributed by atoms with van der Waals surface area (Å²) in [6.45, 7) is 3.89. The van der Waals surface area contributed by atoms with Crippen LogP contribution in [0.15, 0.2) is 48.5 Å². The van der Waals surface area contributed by atoms with Gasteiger partial charge in [-0.3, -0.25) is 14.4 Å². The first-order valence-corrected chi connectivity index (χ1v) is 8.52. The van der Waals surface area contributed by atoms with Gasteiger partial charge in [0.1, 0.15) is 13.2 Å². The van der Waals surface area contributed by atoms with Crippen molar-refractivity contribution in [3.63, 3.8) is 0 Å². The van der Waals surface area contributed by atoms with Crippen LogP contribution in [0.2, 0.25) is 0 Å². The molecule has 0 aliphatic rings. The summed E-state index contributed by atoms with van der Waals surface area (Å²) in [7, 11) is 0. The highest BCUT2D eigenvalue weighted by Gasteiger charge is 2.11. The van der Waals surface area contributed by atoms with E-state index in [0.717, 1.165) is 16.7 Å². The summed E-state index contributed by atoms with van der Waals surface area (Å²) in [5.41, 5.74) is 3.64. The number of carbonyl (C=O) groups excluding carboxylic acids is 3. The first kappa shape index (κ1) is 19.4. The van der Waals surface area contributed by atoms with Crippen LogP contribution < -0.4 is 5.32 Å². The molecule has 2 rings (SSSR count). The van der Waals surface area contributed by atoms with Gasteiger partial charge in [0.15, 0.2) is 5.78 Å². The van der Waals surface area contributed by atoms with Crippen molar-refractivity contribution >= 4 is 17.7 Å². The van der Waals surface area contributed by atoms with E-state index in [0.29, 0.717) is 5.56 Å². The summed E-state index contributed by atoms with van der Waals surface area (Å²) in [5, 5.41) is 2.48. The van der Waals surface area contributed by atoms with Crippen molar-refractivity contribution in [3.05, 3.63) is 70.8 Å². The summed E-state index contributed by atoms with van der Waals surface area (Å²) in [5.74, 6) is -0.948. The quantitative estimate of drug-likeness (QED) is 0.585. The highest BCUT2D eigenvalue weighted by atomic mass is 16.5. The van der Waals surface area contributed by atoms with Gasteiger partial charge in [0.05, 0.1) is 0 Å². The second-order valence-electron chi connectivity index (χ2n) is 6.15. The van der Waals surface area contributed by atoms with Crippen LogP contribution in [-0.2, 0) is 20.9 Å². The molecule has 5 heteroatoms. The van der Waals surface area contributed by atoms with E-state index >= 15 is 0 Å². The summed E-state index contributed by atoms with van der Waals surface area (Å²) in [6, 6.07) is 14.8. The van der Waals surface area contributed by atoms with E-state index in [4.69, 9.17) is 4.74 Å². The van der Waals surface area contributed by atoms with Gasteiger partial charge in [-0.15, -0.1) is 0 Å². The summed E-state index contributed by atoms with van der Waals surface area (Å²) in [4.78, 5) is 35.6. The fraction of sp³-hybridized carbons (Fsp3) is 0.286. The van der Waals surface area contributed by atoms with E-state index < -0.39 is 5.97 Å². The maximum atomic E-state index is 12.1. The Morgan fingerprint density at radius 1 is 0.923 bits per heavy atom. The summed E-state index contributed by atoms with van der Waals surface area (Å²) < 4.78 is 5.08. The molecule has 0 unspecified atom stereocenters. The predicted octanol–water partition coefficient (Wildman–Crippen LogP) is 3.13. The number of aryl methyl sites for hydroxylation is 2. The molecule has 2 aromatic carbocycles. The van der Waals surface area contributed by atoms with Crippen molar-refractivity contribution in [3.8, 4) is 0 Å². The largest absolute Gasteiger partial charge is 0.460 e. The SMILES string of the molecule is Cc1ccc(C(=O)CCC(=O)NCC(=O)OCc2ccccc2)cc1C. The normalized spacial score (nSPS) is 10.2. The van der Waals surface area contributed by atoms with Crippen LogP contribution in [0.1, 0.15) is 39.9 Å². The average molecular weight is 353 g/mol. The number of carbonyl (C=O) groups is 3. The van der Waals surface area contributed by atoms with Crippen LogP contribution in [0.5, 0.6) is 0 Å². The molecule has 0 aliphatic heterocycles. The third-order valence-electron chi connectivity index (χ3n) is 4.08. The van der Waals surface area contributed by atoms with E-state index in [1.807, 2.05) is 56.3 Å². The fourth-order valence-corrected chi connectivity index (χ4v) is 2.33. The van der Waals surface area contributed by atoms with Crippen molar-refractivity contribution < 1.29 is 19.1 Å². The zero-order valence-corrected chi connectivity index (χ0v) is 15.1. The van der Waals surface area contributed by atoms with Gasteiger partial charge in [0, 0.05) is 18.4 Å². The van der Waals surface area contributed by atoms with Gasteiger partial charge in [-0.1, -0.05) is 42.5 Å². The Kier molecular flexibility index (Phi) is 7.09. The molecule has 1 N–H and O–H groups in total. The molecular weight excluding hydrogens is 330 g/mol. The van der Waals surface area contributed by atoms with Crippen molar-refractivity contribution in [2.75, 3.05) is 6.54 Å². The minimum atomic E-state index is -0.511. The number of benzene rings is 2. The molecule has 5 nitrogen and oxygen atoms in total. The van der Waals surface area contributed by atoms with E-state index in [1.165, 1.54) is 0 Å². The lowest BCUT2D eigenvalue weighted by Crippen LogP contribution is -2.30. The summed E-state index contributed by atoms with van der Waals surface area (Å²) in [6.07, 6.45) is 0.144. The topological polar surface area (TPSA) is 72.5 Å². The molecule has 0 saturated heterocycles. The monoisotopic (exact) mass is 353 g/mol. The van der Waals surface area contributed by atoms with Crippen LogP contribution >= 0.6 is 0 Å². The van der Waals surface area contributed by atoms with Crippen molar-refractivity contribution in [1.82, 2.24) is 5.32 Å². The Morgan fingerprint density at radius 2 is 1.65 bits per heavy atom. The molecule has 136 valence electrons. The van der Waals surface area contributed by atoms with Crippen LogP contribution in [0.3, 0.4) is 0 Å². The number of ketones is 1. The number of rotatable bonds is 8. The number of esters is 1. The highest BCUT2D eigenvalue weighted by Crippen LogP contribution is 2.12. The van der Waals surface area contributed by atoms with E-state index in [9.17, 15) is 14.4 Å². The molecule has 0 spiro atoms. The number of nitrogens with one attached hydrogen (secondary N) is 1. The third kappa shape index (κ3) is 6.16. The zero-order chi connectivity index (χ0) is 18.9. The Morgan fingerprint density at radius 3 is 2.35 bits per heavy atom. The molecule has 0 aromatic heterocycles. The standard InChI is InChI=1S/C21H23NO4/c1-15-8-9-18(12-16(15)2)19(23)10-11-20(24)22-13-21(25)26-14-17-6-4-3-5-7-17/h3-9,12H,10-11,13-14H2,1-2H3,(H,22,24). The first-order valence-electron chi connectivity index (χ1n) is 8.52. The maximum absolute atomic E-state index is 12.1. The van der Waals surface area contributed by atoms with Gasteiger partial charge < -0.3 is 10.1 Å². The molecule has 0 fully saturated rings. The number of hydrogen-bond acceptors (Lipinski definition) is 4. The number of Topliss-reactive ketones (excluding diaryl/α,β-unsaturated/α-hetero) is 1. The van der Waals surface area contributed by atoms with Gasteiger partial charge in [0.2, 0.25) is 5.91 Å². The molecule has 1 amide bonds. The molecule has 0 saturated carbocycles. The minimum Gasteiger partial charge on any atom is -0.460 e. The lowest BCUT2D eigenvalue weighted by molar-refractivity contribution is -0.145. The zero-order valence-electron chi connectivity index (χ0n) is 15.1. The number of hydrogen-bond donors (Lipinski definition) is 1. The fourth-order valence-electron chi connectivity index (χ4n) is 2.33. The van der Waals surface area contributed by atoms with Crippen LogP contribution in [0.25, 0.3) is 0 Å². The molecule has 2 aromatic rings. The minimum absolute atomic E-state index is 0.0394. The lowest BCUT2D eigenvalue weighted by atomic mass is 10.0. The molecule has 0 bridgehead atoms. The van der Waals surface area contributed by atoms with Gasteiger partial charge in [-0.2, -0.15) is 0 Å². The van der Waals surface area contributed by atoms with Crippen LogP contribution in [0, 0.1) is 13.8 Å².